The molecule has 2 aliphatic rings. The van der Waals surface area contributed by atoms with Gasteiger partial charge >= 0.3 is 0 Å². The molecular weight excluding hydrogens is 378 g/mol. The largest absolute Gasteiger partial charge is 0.369 e. The van der Waals surface area contributed by atoms with Crippen molar-refractivity contribution in [1.82, 2.24) is 14.9 Å². The quantitative estimate of drug-likeness (QED) is 0.817. The van der Waals surface area contributed by atoms with Crippen LogP contribution in [-0.4, -0.2) is 60.6 Å². The molecule has 1 aromatic carbocycles. The van der Waals surface area contributed by atoms with Crippen molar-refractivity contribution in [2.75, 3.05) is 38.7 Å². The molecule has 7 heteroatoms. The van der Waals surface area contributed by atoms with Gasteiger partial charge in [-0.3, -0.25) is 9.69 Å². The molecule has 1 aliphatic carbocycles. The highest BCUT2D eigenvalue weighted by molar-refractivity contribution is 5.94. The molecule has 0 spiro atoms. The van der Waals surface area contributed by atoms with Gasteiger partial charge in [0.1, 0.15) is 6.10 Å². The van der Waals surface area contributed by atoms with E-state index < -0.39 is 5.91 Å². The van der Waals surface area contributed by atoms with Crippen LogP contribution in [0.15, 0.2) is 30.5 Å². The van der Waals surface area contributed by atoms with Crippen molar-refractivity contribution in [2.45, 2.75) is 44.2 Å². The molecule has 2 N–H and O–H groups in total. The van der Waals surface area contributed by atoms with E-state index in [9.17, 15) is 4.79 Å². The molecule has 7 nitrogen and oxygen atoms in total. The fourth-order valence-electron chi connectivity index (χ4n) is 4.52. The fourth-order valence-corrected chi connectivity index (χ4v) is 4.52. The third-order valence-corrected chi connectivity index (χ3v) is 6.16. The Labute approximate surface area is 178 Å². The number of anilines is 1. The van der Waals surface area contributed by atoms with E-state index >= 15 is 0 Å². The van der Waals surface area contributed by atoms with Crippen LogP contribution < -0.4 is 10.6 Å². The van der Waals surface area contributed by atoms with E-state index in [1.165, 1.54) is 32.1 Å². The molecule has 30 heavy (non-hydrogen) atoms. The number of morpholine rings is 1. The number of amides is 1. The number of hydrogen-bond acceptors (Lipinski definition) is 6. The van der Waals surface area contributed by atoms with Gasteiger partial charge < -0.3 is 15.4 Å². The van der Waals surface area contributed by atoms with Crippen LogP contribution >= 0.6 is 0 Å². The number of hydrogen-bond donors (Lipinski definition) is 1. The SMILES string of the molecule is CN(C)c1ncc(-c2cccc(C(N)=O)c2)c(C2CN(C3CCCCC3)CCO2)n1. The van der Waals surface area contributed by atoms with Crippen LogP contribution in [0.1, 0.15) is 54.3 Å². The van der Waals surface area contributed by atoms with Crippen molar-refractivity contribution in [3.05, 3.63) is 41.7 Å². The summed E-state index contributed by atoms with van der Waals surface area (Å²) in [5.41, 5.74) is 8.61. The molecule has 2 fully saturated rings. The molecule has 2 aromatic rings. The van der Waals surface area contributed by atoms with E-state index in [1.54, 1.807) is 6.07 Å². The number of carbonyl (C=O) groups excluding carboxylic acids is 1. The molecule has 2 heterocycles. The topological polar surface area (TPSA) is 84.6 Å². The maximum atomic E-state index is 11.7. The zero-order valence-electron chi connectivity index (χ0n) is 17.9. The fraction of sp³-hybridized carbons (Fsp3) is 0.522. The first-order chi connectivity index (χ1) is 14.5. The zero-order chi connectivity index (χ0) is 21.1. The first-order valence-electron chi connectivity index (χ1n) is 10.8. The molecule has 1 unspecified atom stereocenters. The molecule has 0 radical (unpaired) electrons. The van der Waals surface area contributed by atoms with Crippen LogP contribution in [-0.2, 0) is 4.74 Å². The van der Waals surface area contributed by atoms with Crippen molar-refractivity contribution < 1.29 is 9.53 Å². The molecule has 0 bridgehead atoms. The van der Waals surface area contributed by atoms with Crippen LogP contribution in [0.2, 0.25) is 0 Å². The third kappa shape index (κ3) is 4.47. The van der Waals surface area contributed by atoms with Crippen molar-refractivity contribution >= 4 is 11.9 Å². The minimum absolute atomic E-state index is 0.130. The predicted octanol–water partition coefficient (Wildman–Crippen LogP) is 3.01. The second-order valence-electron chi connectivity index (χ2n) is 8.45. The number of nitrogens with zero attached hydrogens (tertiary/aromatic N) is 4. The number of primary amides is 1. The van der Waals surface area contributed by atoms with Crippen molar-refractivity contribution in [3.8, 4) is 11.1 Å². The van der Waals surface area contributed by atoms with Gasteiger partial charge in [-0.25, -0.2) is 9.97 Å². The first-order valence-corrected chi connectivity index (χ1v) is 10.8. The molecule has 4 rings (SSSR count). The Morgan fingerprint density at radius 3 is 2.77 bits per heavy atom. The molecule has 1 atom stereocenters. The lowest BCUT2D eigenvalue weighted by Crippen LogP contribution is -2.45. The maximum Gasteiger partial charge on any atom is 0.248 e. The normalized spacial score (nSPS) is 20.8. The van der Waals surface area contributed by atoms with Crippen LogP contribution in [0.25, 0.3) is 11.1 Å². The summed E-state index contributed by atoms with van der Waals surface area (Å²) in [6, 6.07) is 7.98. The van der Waals surface area contributed by atoms with Crippen LogP contribution in [0.4, 0.5) is 5.95 Å². The van der Waals surface area contributed by atoms with Gasteiger partial charge in [0.2, 0.25) is 11.9 Å². The maximum absolute atomic E-state index is 11.7. The van der Waals surface area contributed by atoms with Gasteiger partial charge in [-0.2, -0.15) is 0 Å². The van der Waals surface area contributed by atoms with E-state index in [1.807, 2.05) is 43.4 Å². The Balaban J connectivity index is 1.69. The number of rotatable bonds is 5. The van der Waals surface area contributed by atoms with Crippen LogP contribution in [0, 0.1) is 0 Å². The standard InChI is InChI=1S/C23H31N5O2/c1-27(2)23-25-14-19(16-7-6-8-17(13-16)22(24)29)21(26-23)20-15-28(11-12-30-20)18-9-4-3-5-10-18/h6-8,13-14,18,20H,3-5,9-12,15H2,1-2H3,(H2,24,29). The minimum atomic E-state index is -0.443. The highest BCUT2D eigenvalue weighted by Crippen LogP contribution is 2.34. The average Bonchev–Trinajstić information content (AvgIpc) is 2.79. The third-order valence-electron chi connectivity index (χ3n) is 6.16. The summed E-state index contributed by atoms with van der Waals surface area (Å²) in [6.07, 6.45) is 8.23. The number of benzene rings is 1. The van der Waals surface area contributed by atoms with Gasteiger partial charge in [-0.15, -0.1) is 0 Å². The highest BCUT2D eigenvalue weighted by atomic mass is 16.5. The average molecular weight is 410 g/mol. The van der Waals surface area contributed by atoms with Crippen LogP contribution in [0.5, 0.6) is 0 Å². The Bertz CT molecular complexity index is 895. The Morgan fingerprint density at radius 1 is 1.23 bits per heavy atom. The summed E-state index contributed by atoms with van der Waals surface area (Å²) < 4.78 is 6.22. The van der Waals surface area contributed by atoms with E-state index in [0.717, 1.165) is 29.9 Å². The molecule has 1 saturated heterocycles. The second-order valence-corrected chi connectivity index (χ2v) is 8.45. The molecule has 1 aromatic heterocycles. The van der Waals surface area contributed by atoms with Gasteiger partial charge in [0, 0.05) is 50.6 Å². The molecule has 160 valence electrons. The molecule has 1 aliphatic heterocycles. The van der Waals surface area contributed by atoms with Crippen molar-refractivity contribution in [3.63, 3.8) is 0 Å². The first kappa shape index (κ1) is 20.8. The predicted molar refractivity (Wildman–Crippen MR) is 117 cm³/mol. The summed E-state index contributed by atoms with van der Waals surface area (Å²) in [6.45, 7) is 2.50. The van der Waals surface area contributed by atoms with E-state index in [2.05, 4.69) is 9.88 Å². The highest BCUT2D eigenvalue weighted by Gasteiger charge is 2.31. The van der Waals surface area contributed by atoms with Crippen molar-refractivity contribution in [1.29, 1.82) is 0 Å². The van der Waals surface area contributed by atoms with Gasteiger partial charge in [-0.05, 0) is 30.5 Å². The Morgan fingerprint density at radius 2 is 2.03 bits per heavy atom. The van der Waals surface area contributed by atoms with E-state index in [4.69, 9.17) is 15.5 Å². The van der Waals surface area contributed by atoms with E-state index in [0.29, 0.717) is 24.2 Å². The zero-order valence-corrected chi connectivity index (χ0v) is 17.9. The molecular formula is C23H31N5O2. The Kier molecular flexibility index (Phi) is 6.29. The minimum Gasteiger partial charge on any atom is -0.369 e. The summed E-state index contributed by atoms with van der Waals surface area (Å²) in [7, 11) is 3.87. The molecule has 1 amide bonds. The number of carbonyl (C=O) groups is 1. The van der Waals surface area contributed by atoms with Crippen molar-refractivity contribution in [2.24, 2.45) is 5.73 Å². The van der Waals surface area contributed by atoms with E-state index in [-0.39, 0.29) is 6.10 Å². The second kappa shape index (κ2) is 9.10. The van der Waals surface area contributed by atoms with Gasteiger partial charge in [-0.1, -0.05) is 31.4 Å². The number of ether oxygens (including phenoxy) is 1. The lowest BCUT2D eigenvalue weighted by molar-refractivity contribution is -0.0513. The summed E-state index contributed by atoms with van der Waals surface area (Å²) >= 11 is 0. The number of aromatic nitrogens is 2. The van der Waals surface area contributed by atoms with Gasteiger partial charge in [0.15, 0.2) is 0 Å². The van der Waals surface area contributed by atoms with Gasteiger partial charge in [0.25, 0.3) is 0 Å². The summed E-state index contributed by atoms with van der Waals surface area (Å²) in [5.74, 6) is 0.208. The lowest BCUT2D eigenvalue weighted by atomic mass is 9.93. The Hall–Kier alpha value is -2.51. The van der Waals surface area contributed by atoms with Gasteiger partial charge in [0.05, 0.1) is 12.3 Å². The number of nitrogens with two attached hydrogens (primary N) is 1. The smallest absolute Gasteiger partial charge is 0.248 e. The van der Waals surface area contributed by atoms with Crippen LogP contribution in [0.3, 0.4) is 0 Å². The molecule has 1 saturated carbocycles. The monoisotopic (exact) mass is 409 g/mol. The summed E-state index contributed by atoms with van der Waals surface area (Å²) in [5, 5.41) is 0. The summed E-state index contributed by atoms with van der Waals surface area (Å²) in [4.78, 5) is 25.6. The lowest BCUT2D eigenvalue weighted by Gasteiger charge is -2.40.